The van der Waals surface area contributed by atoms with Crippen molar-refractivity contribution >= 4 is 22.8 Å². The van der Waals surface area contributed by atoms with Crippen LogP contribution >= 0.6 is 11.8 Å². The molecule has 3 fully saturated rings. The summed E-state index contributed by atoms with van der Waals surface area (Å²) < 4.78 is 0. The molecule has 1 heterocycles. The molecule has 1 unspecified atom stereocenters. The van der Waals surface area contributed by atoms with E-state index in [1.807, 2.05) is 0 Å². The summed E-state index contributed by atoms with van der Waals surface area (Å²) in [4.78, 5) is 16.4. The lowest BCUT2D eigenvalue weighted by Crippen LogP contribution is -2.30. The van der Waals surface area contributed by atoms with Crippen molar-refractivity contribution in [1.29, 1.82) is 0 Å². The third kappa shape index (κ3) is 1.22. The van der Waals surface area contributed by atoms with Crippen molar-refractivity contribution in [3.8, 4) is 0 Å². The summed E-state index contributed by atoms with van der Waals surface area (Å²) in [5, 5.41) is 3.88. The van der Waals surface area contributed by atoms with Crippen LogP contribution in [0.1, 0.15) is 19.3 Å². The zero-order valence-corrected chi connectivity index (χ0v) is 10.0. The first kappa shape index (κ1) is 9.51. The van der Waals surface area contributed by atoms with Gasteiger partial charge in [0.05, 0.1) is 6.54 Å². The van der Waals surface area contributed by atoms with Crippen LogP contribution in [0.25, 0.3) is 0 Å². The van der Waals surface area contributed by atoms with E-state index in [-0.39, 0.29) is 5.91 Å². The van der Waals surface area contributed by atoms with Crippen LogP contribution in [-0.4, -0.2) is 23.4 Å². The molecule has 0 aromatic carbocycles. The van der Waals surface area contributed by atoms with Gasteiger partial charge < -0.3 is 5.32 Å². The smallest absolute Gasteiger partial charge is 0.229 e. The first-order chi connectivity index (χ1) is 7.84. The van der Waals surface area contributed by atoms with Gasteiger partial charge in [-0.3, -0.25) is 9.79 Å². The number of hydrogen-bond donors (Lipinski definition) is 1. The predicted octanol–water partition coefficient (Wildman–Crippen LogP) is 1.50. The molecule has 4 rings (SSSR count). The van der Waals surface area contributed by atoms with E-state index in [2.05, 4.69) is 10.3 Å². The van der Waals surface area contributed by atoms with Crippen LogP contribution in [0.5, 0.6) is 0 Å². The number of fused-ring (bicyclic) bond motifs is 5. The molecule has 4 heteroatoms. The van der Waals surface area contributed by atoms with Crippen LogP contribution in [0.3, 0.4) is 0 Å². The van der Waals surface area contributed by atoms with Gasteiger partial charge in [0.15, 0.2) is 5.17 Å². The molecule has 1 N–H and O–H groups in total. The van der Waals surface area contributed by atoms with Gasteiger partial charge in [-0.2, -0.15) is 0 Å². The molecule has 5 atom stereocenters. The molecule has 2 bridgehead atoms. The van der Waals surface area contributed by atoms with Crippen molar-refractivity contribution in [3.63, 3.8) is 0 Å². The fraction of sp³-hybridized carbons (Fsp3) is 0.833. The first-order valence-electron chi connectivity index (χ1n) is 6.33. The quantitative estimate of drug-likeness (QED) is 0.749. The average molecular weight is 236 g/mol. The van der Waals surface area contributed by atoms with Gasteiger partial charge >= 0.3 is 0 Å². The lowest BCUT2D eigenvalue weighted by Gasteiger charge is -2.08. The number of thioether (sulfide) groups is 1. The first-order valence-corrected chi connectivity index (χ1v) is 7.31. The highest BCUT2D eigenvalue weighted by Gasteiger charge is 2.67. The van der Waals surface area contributed by atoms with Crippen LogP contribution < -0.4 is 5.32 Å². The Bertz CT molecular complexity index is 365. The summed E-state index contributed by atoms with van der Waals surface area (Å²) in [7, 11) is 0. The Kier molecular flexibility index (Phi) is 1.93. The van der Waals surface area contributed by atoms with Gasteiger partial charge in [-0.05, 0) is 42.9 Å². The maximum absolute atomic E-state index is 12.1. The van der Waals surface area contributed by atoms with Crippen molar-refractivity contribution < 1.29 is 4.79 Å². The number of aliphatic imine (C=N–C) groups is 1. The minimum Gasteiger partial charge on any atom is -0.305 e. The minimum absolute atomic E-state index is 0.264. The molecule has 0 aromatic rings. The number of rotatable bonds is 1. The maximum atomic E-state index is 12.1. The molecule has 3 aliphatic carbocycles. The van der Waals surface area contributed by atoms with Crippen molar-refractivity contribution in [1.82, 2.24) is 5.32 Å². The fourth-order valence-corrected chi connectivity index (χ4v) is 5.01. The molecule has 1 amide bonds. The molecule has 0 aromatic heterocycles. The highest BCUT2D eigenvalue weighted by Crippen LogP contribution is 2.69. The van der Waals surface area contributed by atoms with E-state index in [4.69, 9.17) is 0 Å². The van der Waals surface area contributed by atoms with Crippen molar-refractivity contribution in [2.75, 3.05) is 12.3 Å². The number of nitrogens with zero attached hydrogens (tertiary/aromatic N) is 1. The summed E-state index contributed by atoms with van der Waals surface area (Å²) in [5.74, 6) is 4.87. The number of amides is 1. The van der Waals surface area contributed by atoms with Crippen LogP contribution in [0.4, 0.5) is 0 Å². The van der Waals surface area contributed by atoms with Crippen molar-refractivity contribution in [2.45, 2.75) is 19.3 Å². The van der Waals surface area contributed by atoms with Gasteiger partial charge in [0.2, 0.25) is 5.91 Å². The molecule has 3 saturated carbocycles. The fourth-order valence-electron chi connectivity index (χ4n) is 4.28. The SMILES string of the molecule is O=C(NC1=NCCS1)C1[C@@H]2[C@H]3CC[C@@H](C3)[C@H]12. The Morgan fingerprint density at radius 3 is 2.69 bits per heavy atom. The summed E-state index contributed by atoms with van der Waals surface area (Å²) >= 11 is 1.68. The summed E-state index contributed by atoms with van der Waals surface area (Å²) in [6.45, 7) is 0.864. The van der Waals surface area contributed by atoms with E-state index in [0.29, 0.717) is 5.92 Å². The lowest BCUT2D eigenvalue weighted by molar-refractivity contribution is -0.121. The Labute approximate surface area is 99.5 Å². The molecule has 16 heavy (non-hydrogen) atoms. The van der Waals surface area contributed by atoms with E-state index in [0.717, 1.165) is 41.1 Å². The van der Waals surface area contributed by atoms with Gasteiger partial charge in [0.1, 0.15) is 0 Å². The van der Waals surface area contributed by atoms with E-state index >= 15 is 0 Å². The molecule has 0 saturated heterocycles. The van der Waals surface area contributed by atoms with Gasteiger partial charge in [0, 0.05) is 11.7 Å². The predicted molar refractivity (Wildman–Crippen MR) is 64.2 cm³/mol. The van der Waals surface area contributed by atoms with Gasteiger partial charge in [-0.1, -0.05) is 11.8 Å². The van der Waals surface area contributed by atoms with E-state index < -0.39 is 0 Å². The summed E-state index contributed by atoms with van der Waals surface area (Å²) in [6, 6.07) is 0. The Morgan fingerprint density at radius 1 is 1.31 bits per heavy atom. The Hall–Kier alpha value is -0.510. The largest absolute Gasteiger partial charge is 0.305 e. The molecule has 3 nitrogen and oxygen atoms in total. The summed E-state index contributed by atoms with van der Waals surface area (Å²) in [6.07, 6.45) is 4.17. The van der Waals surface area contributed by atoms with Crippen LogP contribution in [0, 0.1) is 29.6 Å². The zero-order chi connectivity index (χ0) is 10.7. The monoisotopic (exact) mass is 236 g/mol. The Balaban J connectivity index is 1.43. The van der Waals surface area contributed by atoms with Crippen LogP contribution in [0.15, 0.2) is 4.99 Å². The Morgan fingerprint density at radius 2 is 2.06 bits per heavy atom. The highest BCUT2D eigenvalue weighted by molar-refractivity contribution is 8.14. The average Bonchev–Trinajstić information content (AvgIpc) is 2.73. The second-order valence-electron chi connectivity index (χ2n) is 5.54. The molecule has 0 spiro atoms. The molecular weight excluding hydrogens is 220 g/mol. The normalized spacial score (nSPS) is 47.8. The molecule has 0 radical (unpaired) electrons. The minimum atomic E-state index is 0.264. The number of carbonyl (C=O) groups excluding carboxylic acids is 1. The van der Waals surface area contributed by atoms with Gasteiger partial charge in [-0.25, -0.2) is 0 Å². The summed E-state index contributed by atoms with van der Waals surface area (Å²) in [5.41, 5.74) is 0. The number of nitrogens with one attached hydrogen (secondary N) is 1. The topological polar surface area (TPSA) is 41.5 Å². The maximum Gasteiger partial charge on any atom is 0.229 e. The van der Waals surface area contributed by atoms with Crippen molar-refractivity contribution in [2.24, 2.45) is 34.6 Å². The van der Waals surface area contributed by atoms with Gasteiger partial charge in [-0.15, -0.1) is 0 Å². The molecule has 1 aliphatic heterocycles. The van der Waals surface area contributed by atoms with Crippen LogP contribution in [0.2, 0.25) is 0 Å². The molecular formula is C12H16N2OS. The van der Waals surface area contributed by atoms with Crippen LogP contribution in [-0.2, 0) is 4.79 Å². The highest BCUT2D eigenvalue weighted by atomic mass is 32.2. The van der Waals surface area contributed by atoms with Gasteiger partial charge in [0.25, 0.3) is 0 Å². The third-order valence-electron chi connectivity index (χ3n) is 4.85. The molecule has 86 valence electrons. The van der Waals surface area contributed by atoms with E-state index in [1.54, 1.807) is 11.8 Å². The second kappa shape index (κ2) is 3.25. The van der Waals surface area contributed by atoms with E-state index in [1.165, 1.54) is 19.3 Å². The van der Waals surface area contributed by atoms with E-state index in [9.17, 15) is 4.79 Å². The number of hydrogen-bond acceptors (Lipinski definition) is 3. The van der Waals surface area contributed by atoms with Crippen molar-refractivity contribution in [3.05, 3.63) is 0 Å². The number of carbonyl (C=O) groups is 1. The molecule has 4 aliphatic rings. The standard InChI is InChI=1S/C12H16N2OS/c15-11(14-12-13-3-4-16-12)10-8-6-1-2-7(5-6)9(8)10/h6-10H,1-5H2,(H,13,14,15)/t6-,7-,8-,9+,10?/m0/s1. The number of amidine groups is 1. The third-order valence-corrected chi connectivity index (χ3v) is 5.74. The zero-order valence-electron chi connectivity index (χ0n) is 9.19. The second-order valence-corrected chi connectivity index (χ2v) is 6.62. The lowest BCUT2D eigenvalue weighted by atomic mass is 10.0.